The van der Waals surface area contributed by atoms with E-state index in [4.69, 9.17) is 4.55 Å². The second kappa shape index (κ2) is 6.15. The molecule has 0 saturated carbocycles. The zero-order valence-corrected chi connectivity index (χ0v) is 11.6. The standard InChI is InChI=1S/C15H15FO3S/c16-14-8-4-12(5-9-14)2-1-3-13-6-10-15(11-7-13)20(17,18)19/h4-11H,1-3H2,(H,17,18,19). The lowest BCUT2D eigenvalue weighted by Gasteiger charge is -2.03. The van der Waals surface area contributed by atoms with Gasteiger partial charge >= 0.3 is 0 Å². The molecule has 0 unspecified atom stereocenters. The van der Waals surface area contributed by atoms with Crippen molar-refractivity contribution in [1.82, 2.24) is 0 Å². The summed E-state index contributed by atoms with van der Waals surface area (Å²) in [4.78, 5) is -0.0974. The lowest BCUT2D eigenvalue weighted by atomic mass is 10.0. The van der Waals surface area contributed by atoms with Gasteiger partial charge in [0.25, 0.3) is 10.1 Å². The van der Waals surface area contributed by atoms with Gasteiger partial charge in [0.2, 0.25) is 0 Å². The van der Waals surface area contributed by atoms with Gasteiger partial charge in [-0.25, -0.2) is 4.39 Å². The molecule has 20 heavy (non-hydrogen) atoms. The molecule has 0 heterocycles. The molecule has 2 rings (SSSR count). The molecule has 0 bridgehead atoms. The van der Waals surface area contributed by atoms with Crippen molar-refractivity contribution in [2.75, 3.05) is 0 Å². The SMILES string of the molecule is O=S(=O)(O)c1ccc(CCCc2ccc(F)cc2)cc1. The summed E-state index contributed by atoms with van der Waals surface area (Å²) in [7, 11) is -4.12. The molecule has 0 amide bonds. The summed E-state index contributed by atoms with van der Waals surface area (Å²) in [5, 5.41) is 0. The highest BCUT2D eigenvalue weighted by Gasteiger charge is 2.08. The van der Waals surface area contributed by atoms with Crippen LogP contribution in [0.4, 0.5) is 4.39 Å². The van der Waals surface area contributed by atoms with Gasteiger partial charge in [-0.05, 0) is 54.7 Å². The molecule has 1 N–H and O–H groups in total. The van der Waals surface area contributed by atoms with Crippen LogP contribution >= 0.6 is 0 Å². The van der Waals surface area contributed by atoms with E-state index >= 15 is 0 Å². The lowest BCUT2D eigenvalue weighted by Crippen LogP contribution is -1.98. The second-order valence-electron chi connectivity index (χ2n) is 4.60. The summed E-state index contributed by atoms with van der Waals surface area (Å²) >= 11 is 0. The van der Waals surface area contributed by atoms with Crippen molar-refractivity contribution in [3.63, 3.8) is 0 Å². The highest BCUT2D eigenvalue weighted by Crippen LogP contribution is 2.13. The van der Waals surface area contributed by atoms with Crippen LogP contribution in [0, 0.1) is 5.82 Å². The molecule has 0 aliphatic rings. The zero-order valence-electron chi connectivity index (χ0n) is 10.8. The first kappa shape index (κ1) is 14.7. The summed E-state index contributed by atoms with van der Waals surface area (Å²) in [5.74, 6) is -0.241. The van der Waals surface area contributed by atoms with Gasteiger partial charge in [-0.1, -0.05) is 24.3 Å². The summed E-state index contributed by atoms with van der Waals surface area (Å²) in [5.41, 5.74) is 2.07. The first-order valence-corrected chi connectivity index (χ1v) is 7.70. The van der Waals surface area contributed by atoms with Crippen molar-refractivity contribution in [3.05, 3.63) is 65.5 Å². The Morgan fingerprint density at radius 2 is 1.30 bits per heavy atom. The Labute approximate surface area is 117 Å². The van der Waals surface area contributed by atoms with E-state index in [9.17, 15) is 12.8 Å². The van der Waals surface area contributed by atoms with Gasteiger partial charge in [-0.15, -0.1) is 0 Å². The first-order chi connectivity index (χ1) is 9.45. The number of aryl methyl sites for hydroxylation is 2. The van der Waals surface area contributed by atoms with Gasteiger partial charge in [0.05, 0.1) is 4.90 Å². The highest BCUT2D eigenvalue weighted by molar-refractivity contribution is 7.85. The topological polar surface area (TPSA) is 54.4 Å². The van der Waals surface area contributed by atoms with E-state index in [-0.39, 0.29) is 10.7 Å². The molecular weight excluding hydrogens is 279 g/mol. The Morgan fingerprint density at radius 1 is 0.850 bits per heavy atom. The maximum atomic E-state index is 12.7. The van der Waals surface area contributed by atoms with Crippen molar-refractivity contribution in [1.29, 1.82) is 0 Å². The summed E-state index contributed by atoms with van der Waals surface area (Å²) in [6.07, 6.45) is 2.51. The van der Waals surface area contributed by atoms with Crippen molar-refractivity contribution >= 4 is 10.1 Å². The molecule has 0 fully saturated rings. The summed E-state index contributed by atoms with van der Waals surface area (Å²) in [6, 6.07) is 12.6. The molecule has 3 nitrogen and oxygen atoms in total. The Kier molecular flexibility index (Phi) is 4.52. The molecule has 0 saturated heterocycles. The average Bonchev–Trinajstić information content (AvgIpc) is 2.41. The number of benzene rings is 2. The second-order valence-corrected chi connectivity index (χ2v) is 6.02. The van der Waals surface area contributed by atoms with Crippen molar-refractivity contribution in [2.45, 2.75) is 24.2 Å². The molecular formula is C15H15FO3S. The molecule has 2 aromatic rings. The van der Waals surface area contributed by atoms with Crippen LogP contribution in [0.1, 0.15) is 17.5 Å². The molecule has 0 aliphatic heterocycles. The van der Waals surface area contributed by atoms with E-state index in [0.29, 0.717) is 0 Å². The van der Waals surface area contributed by atoms with Gasteiger partial charge in [0.1, 0.15) is 5.82 Å². The highest BCUT2D eigenvalue weighted by atomic mass is 32.2. The number of halogens is 1. The van der Waals surface area contributed by atoms with Gasteiger partial charge in [0, 0.05) is 0 Å². The smallest absolute Gasteiger partial charge is 0.282 e. The lowest BCUT2D eigenvalue weighted by molar-refractivity contribution is 0.483. The fourth-order valence-electron chi connectivity index (χ4n) is 1.98. The first-order valence-electron chi connectivity index (χ1n) is 6.26. The van der Waals surface area contributed by atoms with Gasteiger partial charge < -0.3 is 0 Å². The van der Waals surface area contributed by atoms with E-state index in [2.05, 4.69) is 0 Å². The van der Waals surface area contributed by atoms with Crippen molar-refractivity contribution in [2.24, 2.45) is 0 Å². The maximum absolute atomic E-state index is 12.7. The zero-order chi connectivity index (χ0) is 14.6. The van der Waals surface area contributed by atoms with Crippen LogP contribution in [0.2, 0.25) is 0 Å². The number of hydrogen-bond acceptors (Lipinski definition) is 2. The minimum atomic E-state index is -4.12. The van der Waals surface area contributed by atoms with E-state index in [1.54, 1.807) is 24.3 Å². The van der Waals surface area contributed by atoms with Crippen molar-refractivity contribution < 1.29 is 17.4 Å². The van der Waals surface area contributed by atoms with E-state index in [1.807, 2.05) is 0 Å². The van der Waals surface area contributed by atoms with Crippen LogP contribution in [0.5, 0.6) is 0 Å². The Balaban J connectivity index is 1.90. The normalized spacial score (nSPS) is 11.5. The van der Waals surface area contributed by atoms with Crippen LogP contribution in [-0.2, 0) is 23.0 Å². The third kappa shape index (κ3) is 4.15. The van der Waals surface area contributed by atoms with Gasteiger partial charge in [-0.3, -0.25) is 4.55 Å². The maximum Gasteiger partial charge on any atom is 0.294 e. The molecule has 5 heteroatoms. The fourth-order valence-corrected chi connectivity index (χ4v) is 2.46. The molecule has 0 aliphatic carbocycles. The molecule has 0 atom stereocenters. The fraction of sp³-hybridized carbons (Fsp3) is 0.200. The Hall–Kier alpha value is -1.72. The molecule has 2 aromatic carbocycles. The molecule has 0 radical (unpaired) electrons. The average molecular weight is 294 g/mol. The van der Waals surface area contributed by atoms with Crippen molar-refractivity contribution in [3.8, 4) is 0 Å². The van der Waals surface area contributed by atoms with E-state index < -0.39 is 10.1 Å². The quantitative estimate of drug-likeness (QED) is 0.861. The Bertz CT molecular complexity index is 661. The van der Waals surface area contributed by atoms with Gasteiger partial charge in [0.15, 0.2) is 0 Å². The minimum absolute atomic E-state index is 0.0974. The minimum Gasteiger partial charge on any atom is -0.282 e. The van der Waals surface area contributed by atoms with E-state index in [1.165, 1.54) is 24.3 Å². The van der Waals surface area contributed by atoms with Crippen LogP contribution in [-0.4, -0.2) is 13.0 Å². The predicted molar refractivity (Wildman–Crippen MR) is 74.7 cm³/mol. The van der Waals surface area contributed by atoms with Crippen LogP contribution in [0.25, 0.3) is 0 Å². The van der Waals surface area contributed by atoms with Crippen LogP contribution < -0.4 is 0 Å². The largest absolute Gasteiger partial charge is 0.294 e. The van der Waals surface area contributed by atoms with Crippen LogP contribution in [0.3, 0.4) is 0 Å². The molecule has 0 aromatic heterocycles. The Morgan fingerprint density at radius 3 is 1.75 bits per heavy atom. The van der Waals surface area contributed by atoms with Gasteiger partial charge in [-0.2, -0.15) is 8.42 Å². The number of hydrogen-bond donors (Lipinski definition) is 1. The molecule has 106 valence electrons. The van der Waals surface area contributed by atoms with E-state index in [0.717, 1.165) is 30.4 Å². The molecule has 0 spiro atoms. The third-order valence-corrected chi connectivity index (χ3v) is 3.93. The van der Waals surface area contributed by atoms with Crippen LogP contribution in [0.15, 0.2) is 53.4 Å². The summed E-state index contributed by atoms with van der Waals surface area (Å²) < 4.78 is 43.4. The third-order valence-electron chi connectivity index (χ3n) is 3.07. The monoisotopic (exact) mass is 294 g/mol. The predicted octanol–water partition coefficient (Wildman–Crippen LogP) is 3.25. The number of rotatable bonds is 5. The summed E-state index contributed by atoms with van der Waals surface area (Å²) in [6.45, 7) is 0.